The van der Waals surface area contributed by atoms with Gasteiger partial charge in [0.25, 0.3) is 5.91 Å². The molecule has 0 spiro atoms. The summed E-state index contributed by atoms with van der Waals surface area (Å²) in [6.45, 7) is 11.7. The molecule has 1 amide bonds. The fourth-order valence-electron chi connectivity index (χ4n) is 2.95. The van der Waals surface area contributed by atoms with Gasteiger partial charge in [-0.05, 0) is 56.5 Å². The van der Waals surface area contributed by atoms with Crippen molar-refractivity contribution in [2.75, 3.05) is 19.6 Å². The maximum atomic E-state index is 12.4. The maximum absolute atomic E-state index is 12.4. The third kappa shape index (κ3) is 7.68. The van der Waals surface area contributed by atoms with Crippen LogP contribution in [0.1, 0.15) is 47.8 Å². The molecule has 2 aromatic carbocycles. The van der Waals surface area contributed by atoms with Crippen molar-refractivity contribution in [1.82, 2.24) is 15.5 Å². The average Bonchev–Trinajstić information content (AvgIpc) is 2.72. The number of nitrogens with one attached hydrogen (secondary N) is 2. The van der Waals surface area contributed by atoms with Crippen molar-refractivity contribution in [3.8, 4) is 0 Å². The zero-order valence-corrected chi connectivity index (χ0v) is 20.2. The smallest absolute Gasteiger partial charge is 0.253 e. The second kappa shape index (κ2) is 13.2. The van der Waals surface area contributed by atoms with E-state index in [0.717, 1.165) is 43.3 Å². The first-order valence-corrected chi connectivity index (χ1v) is 10.0. The van der Waals surface area contributed by atoms with Crippen LogP contribution < -0.4 is 10.6 Å². The molecule has 0 bridgehead atoms. The highest BCUT2D eigenvalue weighted by Crippen LogP contribution is 2.09. The molecule has 0 aromatic heterocycles. The van der Waals surface area contributed by atoms with Crippen LogP contribution in [0.2, 0.25) is 0 Å². The Labute approximate surface area is 192 Å². The molecular formula is C23H33IN4O. The molecular weight excluding hydrogens is 475 g/mol. The van der Waals surface area contributed by atoms with E-state index in [0.29, 0.717) is 6.54 Å². The normalized spacial score (nSPS) is 10.8. The van der Waals surface area contributed by atoms with Gasteiger partial charge in [-0.3, -0.25) is 4.79 Å². The zero-order chi connectivity index (χ0) is 20.4. The van der Waals surface area contributed by atoms with Crippen LogP contribution in [0.3, 0.4) is 0 Å². The molecule has 0 aliphatic carbocycles. The molecule has 6 heteroatoms. The number of rotatable bonds is 8. The minimum absolute atomic E-state index is 0. The Morgan fingerprint density at radius 3 is 2.21 bits per heavy atom. The molecule has 29 heavy (non-hydrogen) atoms. The van der Waals surface area contributed by atoms with Gasteiger partial charge in [0, 0.05) is 31.7 Å². The van der Waals surface area contributed by atoms with Gasteiger partial charge in [-0.2, -0.15) is 0 Å². The summed E-state index contributed by atoms with van der Waals surface area (Å²) in [7, 11) is 0. The van der Waals surface area contributed by atoms with Gasteiger partial charge in [0.15, 0.2) is 5.96 Å². The van der Waals surface area contributed by atoms with E-state index in [1.54, 1.807) is 0 Å². The lowest BCUT2D eigenvalue weighted by atomic mass is 10.1. The molecule has 0 radical (unpaired) electrons. The number of aryl methyl sites for hydroxylation is 1. The molecule has 0 atom stereocenters. The SMILES string of the molecule is CCNC(=NCc1ccc(C(=O)N(CC)CC)cc1)NCc1ccccc1C.I. The minimum atomic E-state index is 0. The van der Waals surface area contributed by atoms with E-state index < -0.39 is 0 Å². The third-order valence-corrected chi connectivity index (χ3v) is 4.72. The number of carbonyl (C=O) groups is 1. The monoisotopic (exact) mass is 508 g/mol. The van der Waals surface area contributed by atoms with E-state index in [1.165, 1.54) is 11.1 Å². The van der Waals surface area contributed by atoms with Crippen LogP contribution in [0.4, 0.5) is 0 Å². The van der Waals surface area contributed by atoms with Crippen molar-refractivity contribution < 1.29 is 4.79 Å². The summed E-state index contributed by atoms with van der Waals surface area (Å²) < 4.78 is 0. The zero-order valence-electron chi connectivity index (χ0n) is 17.9. The number of halogens is 1. The Morgan fingerprint density at radius 1 is 0.966 bits per heavy atom. The summed E-state index contributed by atoms with van der Waals surface area (Å²) in [5, 5.41) is 6.67. The van der Waals surface area contributed by atoms with Crippen LogP contribution in [-0.2, 0) is 13.1 Å². The second-order valence-corrected chi connectivity index (χ2v) is 6.65. The van der Waals surface area contributed by atoms with E-state index in [9.17, 15) is 4.79 Å². The summed E-state index contributed by atoms with van der Waals surface area (Å²) in [4.78, 5) is 18.9. The summed E-state index contributed by atoms with van der Waals surface area (Å²) in [5.74, 6) is 0.863. The fourth-order valence-corrected chi connectivity index (χ4v) is 2.95. The predicted molar refractivity (Wildman–Crippen MR) is 132 cm³/mol. The van der Waals surface area contributed by atoms with E-state index in [1.807, 2.05) is 49.1 Å². The summed E-state index contributed by atoms with van der Waals surface area (Å²) in [5.41, 5.74) is 4.32. The first-order chi connectivity index (χ1) is 13.6. The van der Waals surface area contributed by atoms with E-state index in [2.05, 4.69) is 47.7 Å². The van der Waals surface area contributed by atoms with Crippen molar-refractivity contribution in [1.29, 1.82) is 0 Å². The summed E-state index contributed by atoms with van der Waals surface area (Å²) in [6.07, 6.45) is 0. The van der Waals surface area contributed by atoms with E-state index in [4.69, 9.17) is 0 Å². The van der Waals surface area contributed by atoms with E-state index >= 15 is 0 Å². The van der Waals surface area contributed by atoms with Crippen LogP contribution in [0.25, 0.3) is 0 Å². The molecule has 5 nitrogen and oxygen atoms in total. The number of benzene rings is 2. The number of nitrogens with zero attached hydrogens (tertiary/aromatic N) is 2. The third-order valence-electron chi connectivity index (χ3n) is 4.72. The second-order valence-electron chi connectivity index (χ2n) is 6.65. The number of carbonyl (C=O) groups excluding carboxylic acids is 1. The van der Waals surface area contributed by atoms with Gasteiger partial charge < -0.3 is 15.5 Å². The van der Waals surface area contributed by atoms with Crippen LogP contribution in [0, 0.1) is 6.92 Å². The van der Waals surface area contributed by atoms with Crippen molar-refractivity contribution in [2.24, 2.45) is 4.99 Å². The number of guanidine groups is 1. The molecule has 158 valence electrons. The molecule has 2 rings (SSSR count). The quantitative estimate of drug-likeness (QED) is 0.317. The summed E-state index contributed by atoms with van der Waals surface area (Å²) in [6, 6.07) is 16.1. The number of hydrogen-bond donors (Lipinski definition) is 2. The molecule has 0 saturated heterocycles. The van der Waals surface area contributed by atoms with Crippen molar-refractivity contribution in [2.45, 2.75) is 40.8 Å². The Kier molecular flexibility index (Phi) is 11.3. The minimum Gasteiger partial charge on any atom is -0.357 e. The van der Waals surface area contributed by atoms with E-state index in [-0.39, 0.29) is 29.9 Å². The fraction of sp³-hybridized carbons (Fsp3) is 0.391. The van der Waals surface area contributed by atoms with Gasteiger partial charge in [-0.15, -0.1) is 24.0 Å². The molecule has 2 aromatic rings. The first kappa shape index (κ1) is 24.9. The Balaban J connectivity index is 0.00000420. The summed E-state index contributed by atoms with van der Waals surface area (Å²) >= 11 is 0. The molecule has 2 N–H and O–H groups in total. The topological polar surface area (TPSA) is 56.7 Å². The van der Waals surface area contributed by atoms with Gasteiger partial charge in [-0.1, -0.05) is 36.4 Å². The van der Waals surface area contributed by atoms with Crippen LogP contribution in [-0.4, -0.2) is 36.4 Å². The lowest BCUT2D eigenvalue weighted by Gasteiger charge is -2.18. The van der Waals surface area contributed by atoms with Crippen molar-refractivity contribution in [3.05, 3.63) is 70.8 Å². The average molecular weight is 508 g/mol. The molecule has 0 aliphatic rings. The Morgan fingerprint density at radius 2 is 1.62 bits per heavy atom. The van der Waals surface area contributed by atoms with Crippen molar-refractivity contribution in [3.63, 3.8) is 0 Å². The molecule has 0 aliphatic heterocycles. The first-order valence-electron chi connectivity index (χ1n) is 10.0. The highest BCUT2D eigenvalue weighted by Gasteiger charge is 2.11. The standard InChI is InChI=1S/C23H32N4O.HI/c1-5-24-23(26-17-21-11-9-8-10-18(21)4)25-16-19-12-14-20(15-13-19)22(28)27(6-2)7-3;/h8-15H,5-7,16-17H2,1-4H3,(H2,24,25,26);1H. The Hall–Kier alpha value is -2.09. The van der Waals surface area contributed by atoms with Gasteiger partial charge in [0.2, 0.25) is 0 Å². The molecule has 0 heterocycles. The largest absolute Gasteiger partial charge is 0.357 e. The molecule has 0 fully saturated rings. The lowest BCUT2D eigenvalue weighted by molar-refractivity contribution is 0.0773. The lowest BCUT2D eigenvalue weighted by Crippen LogP contribution is -2.36. The highest BCUT2D eigenvalue weighted by atomic mass is 127. The van der Waals surface area contributed by atoms with Gasteiger partial charge in [0.05, 0.1) is 6.54 Å². The van der Waals surface area contributed by atoms with Crippen LogP contribution in [0.5, 0.6) is 0 Å². The van der Waals surface area contributed by atoms with Gasteiger partial charge in [0.1, 0.15) is 0 Å². The van der Waals surface area contributed by atoms with Gasteiger partial charge >= 0.3 is 0 Å². The Bertz CT molecular complexity index is 786. The highest BCUT2D eigenvalue weighted by molar-refractivity contribution is 14.0. The molecule has 0 saturated carbocycles. The number of amides is 1. The van der Waals surface area contributed by atoms with Crippen LogP contribution in [0.15, 0.2) is 53.5 Å². The van der Waals surface area contributed by atoms with Crippen molar-refractivity contribution >= 4 is 35.8 Å². The van der Waals surface area contributed by atoms with Crippen LogP contribution >= 0.6 is 24.0 Å². The predicted octanol–water partition coefficient (Wildman–Crippen LogP) is 4.35. The number of hydrogen-bond acceptors (Lipinski definition) is 2. The van der Waals surface area contributed by atoms with Gasteiger partial charge in [-0.25, -0.2) is 4.99 Å². The maximum Gasteiger partial charge on any atom is 0.253 e. The molecule has 0 unspecified atom stereocenters. The number of aliphatic imine (C=N–C) groups is 1.